The lowest BCUT2D eigenvalue weighted by Gasteiger charge is -2.35. The Hall–Kier alpha value is -1.63. The van der Waals surface area contributed by atoms with Crippen LogP contribution in [-0.4, -0.2) is 57.2 Å². The molecule has 98 valence electrons. The first-order valence-corrected chi connectivity index (χ1v) is 6.01. The maximum absolute atomic E-state index is 10.9. The van der Waals surface area contributed by atoms with Gasteiger partial charge in [-0.15, -0.1) is 0 Å². The molecule has 0 atom stereocenters. The number of rotatable bonds is 2. The molecule has 2 heterocycles. The minimum absolute atomic E-state index is 0.0519. The molecule has 0 radical (unpaired) electrons. The summed E-state index contributed by atoms with van der Waals surface area (Å²) in [6.45, 7) is 1.42. The van der Waals surface area contributed by atoms with Crippen molar-refractivity contribution in [1.29, 1.82) is 0 Å². The van der Waals surface area contributed by atoms with E-state index in [1.807, 2.05) is 4.90 Å². The Morgan fingerprint density at radius 2 is 2.17 bits per heavy atom. The zero-order valence-electron chi connectivity index (χ0n) is 9.95. The normalized spacial score (nSPS) is 16.7. The summed E-state index contributed by atoms with van der Waals surface area (Å²) in [5.41, 5.74) is 0. The molecule has 1 fully saturated rings. The lowest BCUT2D eigenvalue weighted by Crippen LogP contribution is -2.45. The van der Waals surface area contributed by atoms with Crippen molar-refractivity contribution in [3.63, 3.8) is 0 Å². The molecule has 1 saturated heterocycles. The average molecular weight is 272 g/mol. The van der Waals surface area contributed by atoms with Crippen molar-refractivity contribution in [2.75, 3.05) is 25.0 Å². The molecule has 7 nitrogen and oxygen atoms in total. The molecule has 1 aromatic heterocycles. The van der Waals surface area contributed by atoms with Crippen molar-refractivity contribution in [2.24, 2.45) is 0 Å². The highest BCUT2D eigenvalue weighted by Crippen LogP contribution is 2.19. The summed E-state index contributed by atoms with van der Waals surface area (Å²) in [7, 11) is 1.60. The topological polar surface area (TPSA) is 82.5 Å². The fraction of sp³-hybridized carbons (Fsp3) is 0.600. The largest absolute Gasteiger partial charge is 0.465 e. The third-order valence-corrected chi connectivity index (χ3v) is 3.31. The van der Waals surface area contributed by atoms with Crippen LogP contribution in [0.5, 0.6) is 0 Å². The lowest BCUT2D eigenvalue weighted by molar-refractivity contribution is 0.131. The molecule has 1 aliphatic heterocycles. The maximum atomic E-state index is 10.9. The number of aromatic nitrogens is 3. The second kappa shape index (κ2) is 5.34. The number of amides is 1. The molecular formula is C10H14ClN5O2. The van der Waals surface area contributed by atoms with Crippen LogP contribution >= 0.6 is 11.6 Å². The van der Waals surface area contributed by atoms with Gasteiger partial charge in [-0.3, -0.25) is 0 Å². The van der Waals surface area contributed by atoms with Crippen LogP contribution in [0.3, 0.4) is 0 Å². The van der Waals surface area contributed by atoms with E-state index in [1.165, 1.54) is 11.2 Å². The fourth-order valence-electron chi connectivity index (χ4n) is 2.03. The number of carboxylic acid groups (broad SMARTS) is 1. The molecule has 1 aliphatic rings. The number of carbonyl (C=O) groups is 1. The number of anilines is 1. The number of piperidine rings is 1. The van der Waals surface area contributed by atoms with E-state index < -0.39 is 6.09 Å². The van der Waals surface area contributed by atoms with Gasteiger partial charge >= 0.3 is 6.09 Å². The molecule has 0 unspecified atom stereocenters. The summed E-state index contributed by atoms with van der Waals surface area (Å²) < 4.78 is 0. The highest BCUT2D eigenvalue weighted by atomic mass is 35.5. The standard InChI is InChI=1S/C10H14ClN5O2/c1-15(10(17)18)7-2-4-16(5-3-7)9-13-6-12-8(11)14-9/h6-7H,2-5H2,1H3,(H,17,18). The van der Waals surface area contributed by atoms with Crippen LogP contribution in [0.4, 0.5) is 10.7 Å². The second-order valence-electron chi connectivity index (χ2n) is 4.17. The van der Waals surface area contributed by atoms with Gasteiger partial charge in [0.2, 0.25) is 11.2 Å². The Morgan fingerprint density at radius 3 is 2.72 bits per heavy atom. The van der Waals surface area contributed by atoms with Crippen LogP contribution < -0.4 is 4.90 Å². The Morgan fingerprint density at radius 1 is 1.50 bits per heavy atom. The second-order valence-corrected chi connectivity index (χ2v) is 4.50. The van der Waals surface area contributed by atoms with Crippen molar-refractivity contribution in [3.8, 4) is 0 Å². The fourth-order valence-corrected chi connectivity index (χ4v) is 2.15. The van der Waals surface area contributed by atoms with Gasteiger partial charge in [0.1, 0.15) is 6.33 Å². The minimum atomic E-state index is -0.892. The molecule has 18 heavy (non-hydrogen) atoms. The van der Waals surface area contributed by atoms with Gasteiger partial charge in [-0.25, -0.2) is 14.8 Å². The molecule has 0 saturated carbocycles. The van der Waals surface area contributed by atoms with Gasteiger partial charge in [-0.05, 0) is 24.4 Å². The van der Waals surface area contributed by atoms with E-state index >= 15 is 0 Å². The molecule has 8 heteroatoms. The summed E-state index contributed by atoms with van der Waals surface area (Å²) >= 11 is 5.71. The van der Waals surface area contributed by atoms with E-state index in [9.17, 15) is 4.79 Å². The van der Waals surface area contributed by atoms with E-state index in [2.05, 4.69) is 15.0 Å². The summed E-state index contributed by atoms with van der Waals surface area (Å²) in [4.78, 5) is 26.0. The van der Waals surface area contributed by atoms with Crippen LogP contribution in [0.25, 0.3) is 0 Å². The summed E-state index contributed by atoms with van der Waals surface area (Å²) in [5.74, 6) is 0.548. The highest BCUT2D eigenvalue weighted by Gasteiger charge is 2.26. The summed E-state index contributed by atoms with van der Waals surface area (Å²) in [6.07, 6.45) is 2.00. The van der Waals surface area contributed by atoms with Crippen LogP contribution in [0.2, 0.25) is 5.28 Å². The van der Waals surface area contributed by atoms with Crippen LogP contribution in [0, 0.1) is 0 Å². The van der Waals surface area contributed by atoms with Gasteiger partial charge in [0, 0.05) is 26.2 Å². The van der Waals surface area contributed by atoms with E-state index in [-0.39, 0.29) is 11.3 Å². The molecular weight excluding hydrogens is 258 g/mol. The van der Waals surface area contributed by atoms with Crippen LogP contribution in [0.15, 0.2) is 6.33 Å². The molecule has 1 N–H and O–H groups in total. The molecule has 0 aromatic carbocycles. The van der Waals surface area contributed by atoms with Crippen LogP contribution in [0.1, 0.15) is 12.8 Å². The molecule has 1 amide bonds. The molecule has 0 bridgehead atoms. The Labute approximate surface area is 109 Å². The number of hydrogen-bond acceptors (Lipinski definition) is 5. The Bertz CT molecular complexity index is 436. The number of halogens is 1. The average Bonchev–Trinajstić information content (AvgIpc) is 2.38. The molecule has 1 aromatic rings. The smallest absolute Gasteiger partial charge is 0.407 e. The SMILES string of the molecule is CN(C(=O)O)C1CCN(c2ncnc(Cl)n2)CC1. The van der Waals surface area contributed by atoms with Crippen molar-refractivity contribution in [2.45, 2.75) is 18.9 Å². The van der Waals surface area contributed by atoms with Gasteiger partial charge in [0.15, 0.2) is 0 Å². The van der Waals surface area contributed by atoms with Crippen molar-refractivity contribution < 1.29 is 9.90 Å². The molecule has 0 aliphatic carbocycles. The summed E-state index contributed by atoms with van der Waals surface area (Å²) in [5, 5.41) is 9.09. The van der Waals surface area contributed by atoms with Gasteiger partial charge in [-0.2, -0.15) is 4.98 Å². The van der Waals surface area contributed by atoms with Gasteiger partial charge in [-0.1, -0.05) is 0 Å². The first-order chi connectivity index (χ1) is 8.58. The van der Waals surface area contributed by atoms with Gasteiger partial charge < -0.3 is 14.9 Å². The van der Waals surface area contributed by atoms with E-state index in [0.29, 0.717) is 19.0 Å². The minimum Gasteiger partial charge on any atom is -0.465 e. The summed E-state index contributed by atoms with van der Waals surface area (Å²) in [6, 6.07) is 0.0519. The predicted molar refractivity (Wildman–Crippen MR) is 65.9 cm³/mol. The van der Waals surface area contributed by atoms with Crippen molar-refractivity contribution in [1.82, 2.24) is 19.9 Å². The van der Waals surface area contributed by atoms with Gasteiger partial charge in [0.25, 0.3) is 0 Å². The predicted octanol–water partition coefficient (Wildman–Crippen LogP) is 1.10. The zero-order chi connectivity index (χ0) is 13.1. The first kappa shape index (κ1) is 12.8. The maximum Gasteiger partial charge on any atom is 0.407 e. The monoisotopic (exact) mass is 271 g/mol. The van der Waals surface area contributed by atoms with Crippen LogP contribution in [-0.2, 0) is 0 Å². The van der Waals surface area contributed by atoms with Crippen molar-refractivity contribution in [3.05, 3.63) is 11.6 Å². The van der Waals surface area contributed by atoms with E-state index in [1.54, 1.807) is 7.05 Å². The number of nitrogens with zero attached hydrogens (tertiary/aromatic N) is 5. The molecule has 0 spiro atoms. The third kappa shape index (κ3) is 2.79. The number of hydrogen-bond donors (Lipinski definition) is 1. The molecule has 2 rings (SSSR count). The quantitative estimate of drug-likeness (QED) is 0.867. The zero-order valence-corrected chi connectivity index (χ0v) is 10.7. The third-order valence-electron chi connectivity index (χ3n) is 3.13. The lowest BCUT2D eigenvalue weighted by atomic mass is 10.0. The first-order valence-electron chi connectivity index (χ1n) is 5.63. The van der Waals surface area contributed by atoms with E-state index in [4.69, 9.17) is 16.7 Å². The highest BCUT2D eigenvalue weighted by molar-refractivity contribution is 6.28. The van der Waals surface area contributed by atoms with Crippen molar-refractivity contribution >= 4 is 23.6 Å². The van der Waals surface area contributed by atoms with E-state index in [0.717, 1.165) is 12.8 Å². The Balaban J connectivity index is 1.96. The Kier molecular flexibility index (Phi) is 3.81. The van der Waals surface area contributed by atoms with Gasteiger partial charge in [0.05, 0.1) is 0 Å².